The van der Waals surface area contributed by atoms with Crippen LogP contribution in [0.2, 0.25) is 0 Å². The Morgan fingerprint density at radius 3 is 2.00 bits per heavy atom. The predicted octanol–water partition coefficient (Wildman–Crippen LogP) is 2.48. The molecule has 0 bridgehead atoms. The van der Waals surface area contributed by atoms with Crippen LogP contribution in [0.5, 0.6) is 0 Å². The molecule has 2 nitrogen and oxygen atoms in total. The van der Waals surface area contributed by atoms with E-state index < -0.39 is 0 Å². The first-order valence-electron chi connectivity index (χ1n) is 5.78. The van der Waals surface area contributed by atoms with E-state index in [2.05, 4.69) is 46.4 Å². The second kappa shape index (κ2) is 5.72. The summed E-state index contributed by atoms with van der Waals surface area (Å²) < 4.78 is 0. The third kappa shape index (κ3) is 4.97. The Hall–Kier alpha value is -0.0800. The predicted molar refractivity (Wildman–Crippen MR) is 64.4 cm³/mol. The van der Waals surface area contributed by atoms with E-state index in [1.54, 1.807) is 0 Å². The van der Waals surface area contributed by atoms with Crippen molar-refractivity contribution >= 4 is 0 Å². The molecular weight excluding hydrogens is 172 g/mol. The Morgan fingerprint density at radius 2 is 1.71 bits per heavy atom. The normalized spacial score (nSPS) is 15.2. The van der Waals surface area contributed by atoms with Gasteiger partial charge in [-0.1, -0.05) is 27.7 Å². The van der Waals surface area contributed by atoms with Crippen molar-refractivity contribution in [1.29, 1.82) is 0 Å². The maximum Gasteiger partial charge on any atom is 0.0217 e. The van der Waals surface area contributed by atoms with E-state index in [0.29, 0.717) is 6.04 Å². The van der Waals surface area contributed by atoms with Gasteiger partial charge in [-0.15, -0.1) is 0 Å². The van der Waals surface area contributed by atoms with Crippen LogP contribution in [-0.4, -0.2) is 30.1 Å². The van der Waals surface area contributed by atoms with Gasteiger partial charge in [0.1, 0.15) is 0 Å². The molecule has 2 heteroatoms. The van der Waals surface area contributed by atoms with Crippen molar-refractivity contribution in [2.45, 2.75) is 60.0 Å². The second-order valence-electron chi connectivity index (χ2n) is 5.56. The summed E-state index contributed by atoms with van der Waals surface area (Å²) in [6.07, 6.45) is 1.20. The van der Waals surface area contributed by atoms with Crippen molar-refractivity contribution in [3.8, 4) is 0 Å². The number of hydrogen-bond donors (Lipinski definition) is 1. The number of rotatable bonds is 5. The molecule has 0 rings (SSSR count). The monoisotopic (exact) mass is 200 g/mol. The van der Waals surface area contributed by atoms with Crippen LogP contribution in [0.25, 0.3) is 0 Å². The number of nitrogens with two attached hydrogens (primary N) is 1. The van der Waals surface area contributed by atoms with Crippen LogP contribution >= 0.6 is 0 Å². The highest BCUT2D eigenvalue weighted by atomic mass is 15.2. The summed E-state index contributed by atoms with van der Waals surface area (Å²) in [5.41, 5.74) is 6.39. The van der Waals surface area contributed by atoms with E-state index in [9.17, 15) is 0 Å². The lowest BCUT2D eigenvalue weighted by molar-refractivity contribution is 0.167. The van der Waals surface area contributed by atoms with Crippen molar-refractivity contribution in [2.24, 2.45) is 11.1 Å². The molecule has 0 amide bonds. The SMILES string of the molecule is CCCN(CC(N)C(C)(C)C)C(C)C. The quantitative estimate of drug-likeness (QED) is 0.739. The summed E-state index contributed by atoms with van der Waals surface area (Å²) in [5.74, 6) is 0. The highest BCUT2D eigenvalue weighted by Gasteiger charge is 2.23. The molecule has 86 valence electrons. The maximum absolute atomic E-state index is 6.18. The topological polar surface area (TPSA) is 29.3 Å². The fourth-order valence-corrected chi connectivity index (χ4v) is 1.37. The van der Waals surface area contributed by atoms with E-state index in [1.807, 2.05) is 0 Å². The Morgan fingerprint density at radius 1 is 1.21 bits per heavy atom. The standard InChI is InChI=1S/C12H28N2/c1-7-8-14(10(2)3)9-11(13)12(4,5)6/h10-11H,7-9,13H2,1-6H3. The average Bonchev–Trinajstić information content (AvgIpc) is 2.01. The largest absolute Gasteiger partial charge is 0.326 e. The Labute approximate surface area is 89.9 Å². The van der Waals surface area contributed by atoms with E-state index in [4.69, 9.17) is 5.73 Å². The summed E-state index contributed by atoms with van der Waals surface area (Å²) in [5, 5.41) is 0. The highest BCUT2D eigenvalue weighted by molar-refractivity contribution is 4.81. The zero-order valence-electron chi connectivity index (χ0n) is 10.8. The molecule has 0 radical (unpaired) electrons. The average molecular weight is 200 g/mol. The Balaban J connectivity index is 4.16. The molecule has 0 spiro atoms. The first-order valence-corrected chi connectivity index (χ1v) is 5.78. The molecule has 0 aliphatic rings. The Kier molecular flexibility index (Phi) is 5.68. The summed E-state index contributed by atoms with van der Waals surface area (Å²) in [7, 11) is 0. The second-order valence-corrected chi connectivity index (χ2v) is 5.56. The van der Waals surface area contributed by atoms with Gasteiger partial charge in [0, 0.05) is 18.6 Å². The van der Waals surface area contributed by atoms with Crippen molar-refractivity contribution in [3.63, 3.8) is 0 Å². The van der Waals surface area contributed by atoms with Crippen LogP contribution in [0.4, 0.5) is 0 Å². The van der Waals surface area contributed by atoms with Gasteiger partial charge in [-0.05, 0) is 32.2 Å². The molecule has 2 N–H and O–H groups in total. The molecular formula is C12H28N2. The summed E-state index contributed by atoms with van der Waals surface area (Å²) in [6.45, 7) is 15.5. The molecule has 0 heterocycles. The van der Waals surface area contributed by atoms with Crippen molar-refractivity contribution in [1.82, 2.24) is 4.90 Å². The fraction of sp³-hybridized carbons (Fsp3) is 1.00. The molecule has 14 heavy (non-hydrogen) atoms. The zero-order chi connectivity index (χ0) is 11.4. The molecule has 0 aliphatic heterocycles. The lowest BCUT2D eigenvalue weighted by atomic mass is 9.87. The molecule has 0 fully saturated rings. The van der Waals surface area contributed by atoms with E-state index in [0.717, 1.165) is 13.1 Å². The minimum Gasteiger partial charge on any atom is -0.326 e. The molecule has 0 aromatic carbocycles. The summed E-state index contributed by atoms with van der Waals surface area (Å²) >= 11 is 0. The molecule has 1 atom stereocenters. The maximum atomic E-state index is 6.18. The van der Waals surface area contributed by atoms with Gasteiger partial charge in [-0.2, -0.15) is 0 Å². The van der Waals surface area contributed by atoms with Crippen molar-refractivity contribution < 1.29 is 0 Å². The van der Waals surface area contributed by atoms with Gasteiger partial charge in [0.05, 0.1) is 0 Å². The van der Waals surface area contributed by atoms with Gasteiger partial charge in [0.25, 0.3) is 0 Å². The van der Waals surface area contributed by atoms with Crippen molar-refractivity contribution in [3.05, 3.63) is 0 Å². The molecule has 0 aromatic rings. The van der Waals surface area contributed by atoms with Gasteiger partial charge >= 0.3 is 0 Å². The highest BCUT2D eigenvalue weighted by Crippen LogP contribution is 2.18. The molecule has 0 aliphatic carbocycles. The van der Waals surface area contributed by atoms with Crippen LogP contribution in [0.3, 0.4) is 0 Å². The van der Waals surface area contributed by atoms with Gasteiger partial charge in [-0.25, -0.2) is 0 Å². The fourth-order valence-electron chi connectivity index (χ4n) is 1.37. The molecule has 1 unspecified atom stereocenters. The smallest absolute Gasteiger partial charge is 0.0217 e. The Bertz CT molecular complexity index is 147. The van der Waals surface area contributed by atoms with E-state index in [-0.39, 0.29) is 11.5 Å². The first-order chi connectivity index (χ1) is 6.29. The van der Waals surface area contributed by atoms with Gasteiger partial charge in [0.2, 0.25) is 0 Å². The molecule has 0 saturated heterocycles. The molecule has 0 saturated carbocycles. The van der Waals surface area contributed by atoms with Crippen LogP contribution in [0, 0.1) is 5.41 Å². The third-order valence-corrected chi connectivity index (χ3v) is 2.78. The van der Waals surface area contributed by atoms with E-state index >= 15 is 0 Å². The van der Waals surface area contributed by atoms with Crippen molar-refractivity contribution in [2.75, 3.05) is 13.1 Å². The van der Waals surface area contributed by atoms with Crippen LogP contribution in [0.1, 0.15) is 48.0 Å². The van der Waals surface area contributed by atoms with E-state index in [1.165, 1.54) is 6.42 Å². The van der Waals surface area contributed by atoms with Crippen LogP contribution in [-0.2, 0) is 0 Å². The lowest BCUT2D eigenvalue weighted by Crippen LogP contribution is -2.47. The summed E-state index contributed by atoms with van der Waals surface area (Å²) in [6, 6.07) is 0.861. The third-order valence-electron chi connectivity index (χ3n) is 2.78. The van der Waals surface area contributed by atoms with Crippen LogP contribution < -0.4 is 5.73 Å². The van der Waals surface area contributed by atoms with Crippen LogP contribution in [0.15, 0.2) is 0 Å². The lowest BCUT2D eigenvalue weighted by Gasteiger charge is -2.34. The van der Waals surface area contributed by atoms with Gasteiger partial charge in [-0.3, -0.25) is 4.90 Å². The van der Waals surface area contributed by atoms with Gasteiger partial charge < -0.3 is 5.73 Å². The number of hydrogen-bond acceptors (Lipinski definition) is 2. The molecule has 0 aromatic heterocycles. The minimum atomic E-state index is 0.209. The minimum absolute atomic E-state index is 0.209. The zero-order valence-corrected chi connectivity index (χ0v) is 10.8. The summed E-state index contributed by atoms with van der Waals surface area (Å²) in [4.78, 5) is 2.47. The first kappa shape index (κ1) is 13.9. The van der Waals surface area contributed by atoms with Gasteiger partial charge in [0.15, 0.2) is 0 Å². The number of nitrogens with zero attached hydrogens (tertiary/aromatic N) is 1.